The molecule has 4 heteroatoms. The quantitative estimate of drug-likeness (QED) is 0.689. The molecule has 1 fully saturated rings. The molecule has 4 nitrogen and oxygen atoms in total. The van der Waals surface area contributed by atoms with Crippen LogP contribution in [0.1, 0.15) is 46.0 Å². The van der Waals surface area contributed by atoms with Gasteiger partial charge < -0.3 is 15.7 Å². The number of hydrogen-bond acceptors (Lipinski definition) is 2. The monoisotopic (exact) mass is 242 g/mol. The van der Waals surface area contributed by atoms with Gasteiger partial charge in [-0.05, 0) is 31.6 Å². The topological polar surface area (TPSA) is 61.4 Å². The lowest BCUT2D eigenvalue weighted by molar-refractivity contribution is 0.182. The van der Waals surface area contributed by atoms with E-state index in [0.29, 0.717) is 18.9 Å². The third-order valence-electron chi connectivity index (χ3n) is 3.66. The van der Waals surface area contributed by atoms with Gasteiger partial charge in [-0.3, -0.25) is 0 Å². The zero-order valence-corrected chi connectivity index (χ0v) is 11.0. The first kappa shape index (κ1) is 14.3. The van der Waals surface area contributed by atoms with Crippen molar-refractivity contribution >= 4 is 6.03 Å². The fraction of sp³-hybridized carbons (Fsp3) is 0.923. The lowest BCUT2D eigenvalue weighted by Gasteiger charge is -2.28. The lowest BCUT2D eigenvalue weighted by atomic mass is 9.80. The minimum atomic E-state index is -0.353. The van der Waals surface area contributed by atoms with Crippen molar-refractivity contribution in [3.63, 3.8) is 0 Å². The number of rotatable bonds is 5. The molecule has 3 atom stereocenters. The number of nitrogens with one attached hydrogen (secondary N) is 2. The van der Waals surface area contributed by atoms with E-state index in [-0.39, 0.29) is 12.1 Å². The molecule has 1 saturated carbocycles. The molecular formula is C13H26N2O2. The highest BCUT2D eigenvalue weighted by Crippen LogP contribution is 2.28. The van der Waals surface area contributed by atoms with Gasteiger partial charge in [-0.25, -0.2) is 4.79 Å². The van der Waals surface area contributed by atoms with Gasteiger partial charge in [0, 0.05) is 13.1 Å². The third kappa shape index (κ3) is 5.91. The standard InChI is InChI=1S/C13H26N2O2/c1-10-5-3-4-6-12(10)9-15-13(17)14-8-7-11(2)16/h10-12,16H,3-9H2,1-2H3,(H2,14,15,17). The van der Waals surface area contributed by atoms with Crippen molar-refractivity contribution < 1.29 is 9.90 Å². The minimum Gasteiger partial charge on any atom is -0.393 e. The second-order valence-corrected chi connectivity index (χ2v) is 5.30. The maximum atomic E-state index is 11.5. The second-order valence-electron chi connectivity index (χ2n) is 5.30. The number of urea groups is 1. The van der Waals surface area contributed by atoms with Gasteiger partial charge in [0.2, 0.25) is 0 Å². The van der Waals surface area contributed by atoms with Gasteiger partial charge in [0.15, 0.2) is 0 Å². The Morgan fingerprint density at radius 3 is 2.71 bits per heavy atom. The van der Waals surface area contributed by atoms with Crippen molar-refractivity contribution in [3.05, 3.63) is 0 Å². The number of amides is 2. The largest absolute Gasteiger partial charge is 0.393 e. The molecule has 1 aliphatic carbocycles. The summed E-state index contributed by atoms with van der Waals surface area (Å²) in [5.74, 6) is 1.35. The average molecular weight is 242 g/mol. The number of aliphatic hydroxyl groups is 1. The maximum absolute atomic E-state index is 11.5. The summed E-state index contributed by atoms with van der Waals surface area (Å²) in [6.07, 6.45) is 5.39. The van der Waals surface area contributed by atoms with Crippen LogP contribution in [0.4, 0.5) is 4.79 Å². The highest BCUT2D eigenvalue weighted by atomic mass is 16.3. The minimum absolute atomic E-state index is 0.108. The molecule has 0 saturated heterocycles. The molecule has 1 rings (SSSR count). The van der Waals surface area contributed by atoms with E-state index in [1.54, 1.807) is 6.92 Å². The Balaban J connectivity index is 2.10. The summed E-state index contributed by atoms with van der Waals surface area (Å²) >= 11 is 0. The first-order valence-corrected chi connectivity index (χ1v) is 6.79. The van der Waals surface area contributed by atoms with Gasteiger partial charge in [0.25, 0.3) is 0 Å². The Morgan fingerprint density at radius 1 is 1.35 bits per heavy atom. The van der Waals surface area contributed by atoms with Crippen LogP contribution in [0.5, 0.6) is 0 Å². The summed E-state index contributed by atoms with van der Waals surface area (Å²) in [6.45, 7) is 5.31. The molecule has 0 aliphatic heterocycles. The number of carbonyl (C=O) groups excluding carboxylic acids is 1. The highest BCUT2D eigenvalue weighted by Gasteiger charge is 2.21. The van der Waals surface area contributed by atoms with Gasteiger partial charge in [-0.15, -0.1) is 0 Å². The van der Waals surface area contributed by atoms with Crippen LogP contribution in [0, 0.1) is 11.8 Å². The third-order valence-corrected chi connectivity index (χ3v) is 3.66. The molecule has 0 spiro atoms. The Bertz CT molecular complexity index is 231. The fourth-order valence-electron chi connectivity index (χ4n) is 2.38. The number of hydrogen-bond donors (Lipinski definition) is 3. The van der Waals surface area contributed by atoms with Crippen LogP contribution in [0.2, 0.25) is 0 Å². The molecule has 17 heavy (non-hydrogen) atoms. The summed E-state index contributed by atoms with van der Waals surface area (Å²) in [7, 11) is 0. The van der Waals surface area contributed by atoms with E-state index in [1.807, 2.05) is 0 Å². The molecule has 3 unspecified atom stereocenters. The highest BCUT2D eigenvalue weighted by molar-refractivity contribution is 5.73. The predicted octanol–water partition coefficient (Wildman–Crippen LogP) is 1.88. The van der Waals surface area contributed by atoms with Crippen LogP contribution in [-0.4, -0.2) is 30.3 Å². The zero-order valence-electron chi connectivity index (χ0n) is 11.0. The molecule has 100 valence electrons. The molecule has 2 amide bonds. The van der Waals surface area contributed by atoms with E-state index in [4.69, 9.17) is 5.11 Å². The molecular weight excluding hydrogens is 216 g/mol. The van der Waals surface area contributed by atoms with Gasteiger partial charge in [-0.2, -0.15) is 0 Å². The van der Waals surface area contributed by atoms with Crippen LogP contribution in [-0.2, 0) is 0 Å². The van der Waals surface area contributed by atoms with E-state index in [0.717, 1.165) is 12.5 Å². The van der Waals surface area contributed by atoms with Gasteiger partial charge in [0.05, 0.1) is 6.10 Å². The average Bonchev–Trinajstić information content (AvgIpc) is 2.27. The van der Waals surface area contributed by atoms with E-state index < -0.39 is 0 Å². The molecule has 0 radical (unpaired) electrons. The summed E-state index contributed by atoms with van der Waals surface area (Å²) < 4.78 is 0. The van der Waals surface area contributed by atoms with Gasteiger partial charge in [0.1, 0.15) is 0 Å². The van der Waals surface area contributed by atoms with Crippen LogP contribution < -0.4 is 10.6 Å². The smallest absolute Gasteiger partial charge is 0.314 e. The van der Waals surface area contributed by atoms with Gasteiger partial charge >= 0.3 is 6.03 Å². The van der Waals surface area contributed by atoms with Crippen molar-refractivity contribution in [2.45, 2.75) is 52.1 Å². The van der Waals surface area contributed by atoms with Crippen LogP contribution in [0.3, 0.4) is 0 Å². The molecule has 0 aromatic heterocycles. The number of aliphatic hydroxyl groups excluding tert-OH is 1. The van der Waals surface area contributed by atoms with Crippen LogP contribution >= 0.6 is 0 Å². The van der Waals surface area contributed by atoms with Crippen molar-refractivity contribution in [2.75, 3.05) is 13.1 Å². The molecule has 0 aromatic rings. The predicted molar refractivity (Wildman–Crippen MR) is 68.8 cm³/mol. The Labute approximate surface area is 104 Å². The Hall–Kier alpha value is -0.770. The first-order chi connectivity index (χ1) is 8.09. The van der Waals surface area contributed by atoms with Crippen LogP contribution in [0.25, 0.3) is 0 Å². The van der Waals surface area contributed by atoms with Crippen molar-refractivity contribution in [1.29, 1.82) is 0 Å². The Morgan fingerprint density at radius 2 is 2.06 bits per heavy atom. The van der Waals surface area contributed by atoms with Crippen molar-refractivity contribution in [2.24, 2.45) is 11.8 Å². The van der Waals surface area contributed by atoms with E-state index >= 15 is 0 Å². The Kier molecular flexibility index (Phi) is 6.34. The van der Waals surface area contributed by atoms with E-state index in [2.05, 4.69) is 17.6 Å². The SMILES string of the molecule is CC(O)CCNC(=O)NCC1CCCCC1C. The normalized spacial score (nSPS) is 26.3. The van der Waals surface area contributed by atoms with Crippen molar-refractivity contribution in [1.82, 2.24) is 10.6 Å². The molecule has 0 heterocycles. The van der Waals surface area contributed by atoms with E-state index in [9.17, 15) is 4.79 Å². The molecule has 0 bridgehead atoms. The molecule has 1 aliphatic rings. The first-order valence-electron chi connectivity index (χ1n) is 6.79. The molecule has 0 aromatic carbocycles. The summed E-state index contributed by atoms with van der Waals surface area (Å²) in [6, 6.07) is -0.108. The second kappa shape index (κ2) is 7.54. The summed E-state index contributed by atoms with van der Waals surface area (Å²) in [5.41, 5.74) is 0. The van der Waals surface area contributed by atoms with E-state index in [1.165, 1.54) is 25.7 Å². The number of carbonyl (C=O) groups is 1. The lowest BCUT2D eigenvalue weighted by Crippen LogP contribution is -2.40. The van der Waals surface area contributed by atoms with Crippen LogP contribution in [0.15, 0.2) is 0 Å². The fourth-order valence-corrected chi connectivity index (χ4v) is 2.38. The van der Waals surface area contributed by atoms with Gasteiger partial charge in [-0.1, -0.05) is 26.2 Å². The maximum Gasteiger partial charge on any atom is 0.314 e. The summed E-state index contributed by atoms with van der Waals surface area (Å²) in [4.78, 5) is 11.5. The zero-order chi connectivity index (χ0) is 12.7. The van der Waals surface area contributed by atoms with Crippen molar-refractivity contribution in [3.8, 4) is 0 Å². The summed E-state index contributed by atoms with van der Waals surface area (Å²) in [5, 5.41) is 14.7. The molecule has 3 N–H and O–H groups in total.